The summed E-state index contributed by atoms with van der Waals surface area (Å²) in [6.07, 6.45) is 3.53. The Labute approximate surface area is 128 Å². The smallest absolute Gasteiger partial charge is 0.246 e. The van der Waals surface area contributed by atoms with E-state index in [1.807, 2.05) is 18.7 Å². The monoisotopic (exact) mass is 295 g/mol. The molecule has 0 bridgehead atoms. The van der Waals surface area contributed by atoms with Gasteiger partial charge in [0.2, 0.25) is 11.8 Å². The van der Waals surface area contributed by atoms with Gasteiger partial charge in [0.15, 0.2) is 0 Å². The van der Waals surface area contributed by atoms with Crippen LogP contribution < -0.4 is 5.32 Å². The first-order chi connectivity index (χ1) is 9.99. The number of nitrogens with zero attached hydrogens (tertiary/aromatic N) is 2. The number of hydrogen-bond donors (Lipinski definition) is 1. The summed E-state index contributed by atoms with van der Waals surface area (Å²) < 4.78 is 0. The molecule has 1 N–H and O–H groups in total. The number of carbonyl (C=O) groups is 2. The molecule has 0 aliphatic carbocycles. The molecule has 0 aromatic rings. The van der Waals surface area contributed by atoms with E-state index >= 15 is 0 Å². The van der Waals surface area contributed by atoms with Crippen LogP contribution in [0.3, 0.4) is 0 Å². The second kappa shape index (κ2) is 6.77. The first kappa shape index (κ1) is 16.3. The maximum Gasteiger partial charge on any atom is 0.246 e. The molecular formula is C16H29N3O2. The molecule has 0 aromatic carbocycles. The lowest BCUT2D eigenvalue weighted by molar-refractivity contribution is -0.155. The van der Waals surface area contributed by atoms with Gasteiger partial charge < -0.3 is 15.1 Å². The van der Waals surface area contributed by atoms with Gasteiger partial charge in [-0.05, 0) is 45.3 Å². The van der Waals surface area contributed by atoms with Gasteiger partial charge in [-0.3, -0.25) is 9.59 Å². The number of rotatable bonds is 4. The van der Waals surface area contributed by atoms with Crippen molar-refractivity contribution < 1.29 is 9.59 Å². The second-order valence-electron chi connectivity index (χ2n) is 6.58. The minimum absolute atomic E-state index is 0.0290. The van der Waals surface area contributed by atoms with Crippen LogP contribution in [0.1, 0.15) is 46.5 Å². The average Bonchev–Trinajstić information content (AvgIpc) is 2.49. The van der Waals surface area contributed by atoms with Crippen molar-refractivity contribution in [2.75, 3.05) is 20.1 Å². The van der Waals surface area contributed by atoms with Crippen LogP contribution in [0.2, 0.25) is 0 Å². The van der Waals surface area contributed by atoms with Crippen LogP contribution in [-0.2, 0) is 9.59 Å². The zero-order valence-corrected chi connectivity index (χ0v) is 13.8. The van der Waals surface area contributed by atoms with Crippen LogP contribution in [0, 0.1) is 5.92 Å². The minimum atomic E-state index is -0.343. The molecule has 21 heavy (non-hydrogen) atoms. The third-order valence-electron chi connectivity index (χ3n) is 5.14. The number of nitrogens with one attached hydrogen (secondary N) is 1. The Morgan fingerprint density at radius 2 is 1.86 bits per heavy atom. The molecule has 3 atom stereocenters. The van der Waals surface area contributed by atoms with Crippen molar-refractivity contribution in [3.63, 3.8) is 0 Å². The fourth-order valence-electron chi connectivity index (χ4n) is 3.46. The molecule has 0 aromatic heterocycles. The summed E-state index contributed by atoms with van der Waals surface area (Å²) in [6.45, 7) is 8.10. The summed E-state index contributed by atoms with van der Waals surface area (Å²) in [5, 5.41) is 2.96. The SMILES string of the molecule is CCC(C)C1NC(=O)C(CC)N(C2CCN(C)CC2)C1=O. The number of likely N-dealkylation sites (tertiary alicyclic amines) is 1. The predicted molar refractivity (Wildman–Crippen MR) is 82.8 cm³/mol. The number of carbonyl (C=O) groups excluding carboxylic acids is 2. The molecular weight excluding hydrogens is 266 g/mol. The highest BCUT2D eigenvalue weighted by Gasteiger charge is 2.44. The van der Waals surface area contributed by atoms with Crippen LogP contribution in [0.4, 0.5) is 0 Å². The van der Waals surface area contributed by atoms with E-state index in [9.17, 15) is 9.59 Å². The highest BCUT2D eigenvalue weighted by Crippen LogP contribution is 2.26. The Bertz CT molecular complexity index is 391. The van der Waals surface area contributed by atoms with E-state index < -0.39 is 0 Å². The van der Waals surface area contributed by atoms with Gasteiger partial charge in [0.1, 0.15) is 12.1 Å². The number of piperidine rings is 1. The number of amides is 2. The second-order valence-corrected chi connectivity index (χ2v) is 6.58. The van der Waals surface area contributed by atoms with Crippen LogP contribution >= 0.6 is 0 Å². The third kappa shape index (κ3) is 3.23. The lowest BCUT2D eigenvalue weighted by atomic mass is 9.90. The lowest BCUT2D eigenvalue weighted by Gasteiger charge is -2.46. The molecule has 120 valence electrons. The first-order valence-electron chi connectivity index (χ1n) is 8.30. The Hall–Kier alpha value is -1.10. The molecule has 2 heterocycles. The molecule has 5 heteroatoms. The zero-order valence-electron chi connectivity index (χ0n) is 13.8. The van der Waals surface area contributed by atoms with Gasteiger partial charge in [-0.25, -0.2) is 0 Å². The molecule has 0 radical (unpaired) electrons. The van der Waals surface area contributed by atoms with Crippen LogP contribution in [0.25, 0.3) is 0 Å². The molecule has 2 aliphatic heterocycles. The molecule has 2 amide bonds. The van der Waals surface area contributed by atoms with Crippen molar-refractivity contribution in [1.29, 1.82) is 0 Å². The standard InChI is InChI=1S/C16H29N3O2/c1-5-11(3)14-16(21)19(13(6-2)15(20)17-14)12-7-9-18(4)10-8-12/h11-14H,5-10H2,1-4H3,(H,17,20). The van der Waals surface area contributed by atoms with Gasteiger partial charge in [-0.15, -0.1) is 0 Å². The molecule has 0 spiro atoms. The van der Waals surface area contributed by atoms with Crippen molar-refractivity contribution in [2.45, 2.75) is 64.6 Å². The van der Waals surface area contributed by atoms with Crippen molar-refractivity contribution in [3.8, 4) is 0 Å². The highest BCUT2D eigenvalue weighted by molar-refractivity contribution is 5.97. The van der Waals surface area contributed by atoms with Crippen LogP contribution in [0.15, 0.2) is 0 Å². The van der Waals surface area contributed by atoms with Crippen LogP contribution in [-0.4, -0.2) is 59.9 Å². The summed E-state index contributed by atoms with van der Waals surface area (Å²) in [6, 6.07) is -0.410. The van der Waals surface area contributed by atoms with E-state index in [1.54, 1.807) is 0 Å². The molecule has 2 fully saturated rings. The van der Waals surface area contributed by atoms with E-state index in [1.165, 1.54) is 0 Å². The molecule has 2 aliphatic rings. The quantitative estimate of drug-likeness (QED) is 0.849. The van der Waals surface area contributed by atoms with Crippen molar-refractivity contribution >= 4 is 11.8 Å². The molecule has 2 saturated heterocycles. The van der Waals surface area contributed by atoms with E-state index in [2.05, 4.69) is 24.2 Å². The highest BCUT2D eigenvalue weighted by atomic mass is 16.2. The van der Waals surface area contributed by atoms with E-state index in [0.717, 1.165) is 32.4 Å². The Kier molecular flexibility index (Phi) is 5.25. The van der Waals surface area contributed by atoms with Gasteiger partial charge in [0.05, 0.1) is 0 Å². The summed E-state index contributed by atoms with van der Waals surface area (Å²) in [4.78, 5) is 29.5. The maximum atomic E-state index is 12.9. The van der Waals surface area contributed by atoms with Gasteiger partial charge in [0.25, 0.3) is 0 Å². The van der Waals surface area contributed by atoms with Crippen molar-refractivity contribution in [3.05, 3.63) is 0 Å². The molecule has 2 rings (SSSR count). The zero-order chi connectivity index (χ0) is 15.6. The Morgan fingerprint density at radius 1 is 1.24 bits per heavy atom. The number of piperazine rings is 1. The summed E-state index contributed by atoms with van der Waals surface area (Å²) >= 11 is 0. The fraction of sp³-hybridized carbons (Fsp3) is 0.875. The van der Waals surface area contributed by atoms with Gasteiger partial charge in [-0.2, -0.15) is 0 Å². The van der Waals surface area contributed by atoms with Crippen LogP contribution in [0.5, 0.6) is 0 Å². The Morgan fingerprint density at radius 3 is 2.38 bits per heavy atom. The van der Waals surface area contributed by atoms with Gasteiger partial charge >= 0.3 is 0 Å². The summed E-state index contributed by atoms with van der Waals surface area (Å²) in [5.41, 5.74) is 0. The predicted octanol–water partition coefficient (Wildman–Crippen LogP) is 1.23. The van der Waals surface area contributed by atoms with Gasteiger partial charge in [-0.1, -0.05) is 27.2 Å². The largest absolute Gasteiger partial charge is 0.342 e. The van der Waals surface area contributed by atoms with Crippen molar-refractivity contribution in [2.24, 2.45) is 5.92 Å². The topological polar surface area (TPSA) is 52.7 Å². The summed E-state index contributed by atoms with van der Waals surface area (Å²) in [5.74, 6) is 0.347. The van der Waals surface area contributed by atoms with E-state index in [-0.39, 0.29) is 35.9 Å². The summed E-state index contributed by atoms with van der Waals surface area (Å²) in [7, 11) is 2.11. The fourth-order valence-corrected chi connectivity index (χ4v) is 3.46. The first-order valence-corrected chi connectivity index (χ1v) is 8.30. The van der Waals surface area contributed by atoms with E-state index in [0.29, 0.717) is 6.42 Å². The Balaban J connectivity index is 2.20. The van der Waals surface area contributed by atoms with Gasteiger partial charge in [0, 0.05) is 6.04 Å². The maximum absolute atomic E-state index is 12.9. The van der Waals surface area contributed by atoms with E-state index in [4.69, 9.17) is 0 Å². The molecule has 5 nitrogen and oxygen atoms in total. The molecule has 0 saturated carbocycles. The van der Waals surface area contributed by atoms with Crippen molar-refractivity contribution in [1.82, 2.24) is 15.1 Å². The third-order valence-corrected chi connectivity index (χ3v) is 5.14. The average molecular weight is 295 g/mol. The number of hydrogen-bond acceptors (Lipinski definition) is 3. The lowest BCUT2D eigenvalue weighted by Crippen LogP contribution is -2.67. The molecule has 3 unspecified atom stereocenters. The minimum Gasteiger partial charge on any atom is -0.342 e. The normalized spacial score (nSPS) is 30.4.